The van der Waals surface area contributed by atoms with Crippen LogP contribution in [0.3, 0.4) is 0 Å². The number of tetrazole rings is 1. The SMILES string of the molecule is Cc1cc(C)cc(-n2nnnc2SCC(=O)NCCc2c[nH]c3ccccc23)c1. The minimum Gasteiger partial charge on any atom is -0.361 e. The minimum atomic E-state index is -0.0372. The Morgan fingerprint density at radius 1 is 1.17 bits per heavy atom. The number of aryl methyl sites for hydroxylation is 2. The maximum atomic E-state index is 12.3. The first-order valence-electron chi connectivity index (χ1n) is 9.42. The van der Waals surface area contributed by atoms with Gasteiger partial charge in [-0.25, -0.2) is 0 Å². The summed E-state index contributed by atoms with van der Waals surface area (Å²) < 4.78 is 1.67. The molecular formula is C21H22N6OS. The third-order valence-corrected chi connectivity index (χ3v) is 5.54. The number of amides is 1. The molecule has 148 valence electrons. The molecule has 0 aliphatic rings. The fourth-order valence-electron chi connectivity index (χ4n) is 3.36. The van der Waals surface area contributed by atoms with Crippen LogP contribution < -0.4 is 5.32 Å². The van der Waals surface area contributed by atoms with Crippen molar-refractivity contribution in [3.63, 3.8) is 0 Å². The Morgan fingerprint density at radius 3 is 2.79 bits per heavy atom. The monoisotopic (exact) mass is 406 g/mol. The molecule has 4 rings (SSSR count). The van der Waals surface area contributed by atoms with E-state index in [1.54, 1.807) is 4.68 Å². The zero-order valence-corrected chi connectivity index (χ0v) is 17.2. The van der Waals surface area contributed by atoms with Crippen molar-refractivity contribution in [2.45, 2.75) is 25.4 Å². The number of hydrogen-bond acceptors (Lipinski definition) is 5. The van der Waals surface area contributed by atoms with Crippen LogP contribution in [0.2, 0.25) is 0 Å². The van der Waals surface area contributed by atoms with E-state index in [2.05, 4.69) is 38.0 Å². The first kappa shape index (κ1) is 19.2. The summed E-state index contributed by atoms with van der Waals surface area (Å²) in [7, 11) is 0. The third-order valence-electron chi connectivity index (χ3n) is 4.62. The highest BCUT2D eigenvalue weighted by molar-refractivity contribution is 7.99. The van der Waals surface area contributed by atoms with Crippen molar-refractivity contribution >= 4 is 28.6 Å². The number of hydrogen-bond donors (Lipinski definition) is 2. The number of carbonyl (C=O) groups is 1. The predicted octanol–water partition coefficient (Wildman–Crippen LogP) is 3.21. The van der Waals surface area contributed by atoms with E-state index in [9.17, 15) is 4.79 Å². The number of thioether (sulfide) groups is 1. The number of benzene rings is 2. The average molecular weight is 407 g/mol. The molecule has 0 radical (unpaired) electrons. The number of carbonyl (C=O) groups excluding carboxylic acids is 1. The van der Waals surface area contributed by atoms with Crippen molar-refractivity contribution in [3.05, 3.63) is 65.4 Å². The molecule has 2 aromatic heterocycles. The first-order chi connectivity index (χ1) is 14.1. The van der Waals surface area contributed by atoms with Gasteiger partial charge in [-0.2, -0.15) is 4.68 Å². The predicted molar refractivity (Wildman–Crippen MR) is 114 cm³/mol. The van der Waals surface area contributed by atoms with E-state index in [4.69, 9.17) is 0 Å². The quantitative estimate of drug-likeness (QED) is 0.460. The number of para-hydroxylation sites is 1. The molecule has 0 saturated carbocycles. The fraction of sp³-hybridized carbons (Fsp3) is 0.238. The summed E-state index contributed by atoms with van der Waals surface area (Å²) in [5, 5.41) is 16.7. The second kappa shape index (κ2) is 8.48. The summed E-state index contributed by atoms with van der Waals surface area (Å²) in [6.07, 6.45) is 2.78. The summed E-state index contributed by atoms with van der Waals surface area (Å²) in [6, 6.07) is 14.3. The van der Waals surface area contributed by atoms with Gasteiger partial charge in [0.15, 0.2) is 0 Å². The van der Waals surface area contributed by atoms with Gasteiger partial charge in [-0.3, -0.25) is 4.79 Å². The highest BCUT2D eigenvalue weighted by Gasteiger charge is 2.12. The number of fused-ring (bicyclic) bond motifs is 1. The highest BCUT2D eigenvalue weighted by atomic mass is 32.2. The Bertz CT molecular complexity index is 1130. The van der Waals surface area contributed by atoms with E-state index in [0.29, 0.717) is 11.7 Å². The van der Waals surface area contributed by atoms with Gasteiger partial charge < -0.3 is 10.3 Å². The van der Waals surface area contributed by atoms with Crippen molar-refractivity contribution in [2.75, 3.05) is 12.3 Å². The molecule has 0 fully saturated rings. The molecule has 0 atom stereocenters. The van der Waals surface area contributed by atoms with Crippen LogP contribution in [0.5, 0.6) is 0 Å². The lowest BCUT2D eigenvalue weighted by molar-refractivity contribution is -0.118. The first-order valence-corrected chi connectivity index (χ1v) is 10.4. The molecular weight excluding hydrogens is 384 g/mol. The average Bonchev–Trinajstić information content (AvgIpc) is 3.33. The Balaban J connectivity index is 1.32. The van der Waals surface area contributed by atoms with Crippen LogP contribution in [0.4, 0.5) is 0 Å². The van der Waals surface area contributed by atoms with Gasteiger partial charge in [0.1, 0.15) is 0 Å². The van der Waals surface area contributed by atoms with Crippen LogP contribution in [0, 0.1) is 13.8 Å². The van der Waals surface area contributed by atoms with Crippen molar-refractivity contribution in [3.8, 4) is 5.69 Å². The molecule has 8 heteroatoms. The molecule has 1 amide bonds. The van der Waals surface area contributed by atoms with Gasteiger partial charge in [0.2, 0.25) is 11.1 Å². The normalized spacial score (nSPS) is 11.1. The summed E-state index contributed by atoms with van der Waals surface area (Å²) in [5.74, 6) is 0.226. The van der Waals surface area contributed by atoms with Crippen LogP contribution >= 0.6 is 11.8 Å². The standard InChI is InChI=1S/C21H22N6OS/c1-14-9-15(2)11-17(10-14)27-21(24-25-26-27)29-13-20(28)22-8-7-16-12-23-19-6-4-3-5-18(16)19/h3-6,9-12,23H,7-8,13H2,1-2H3,(H,22,28). The van der Waals surface area contributed by atoms with Gasteiger partial charge in [0, 0.05) is 23.6 Å². The van der Waals surface area contributed by atoms with Crippen LogP contribution in [0.25, 0.3) is 16.6 Å². The number of nitrogens with zero attached hydrogens (tertiary/aromatic N) is 4. The van der Waals surface area contributed by atoms with Gasteiger partial charge >= 0.3 is 0 Å². The van der Waals surface area contributed by atoms with E-state index in [1.807, 2.05) is 50.4 Å². The maximum absolute atomic E-state index is 12.3. The van der Waals surface area contributed by atoms with Crippen LogP contribution in [-0.4, -0.2) is 43.4 Å². The number of H-pyrrole nitrogens is 1. The summed E-state index contributed by atoms with van der Waals surface area (Å²) in [6.45, 7) is 4.66. The van der Waals surface area contributed by atoms with Gasteiger partial charge in [0.25, 0.3) is 0 Å². The number of aromatic nitrogens is 5. The number of nitrogens with one attached hydrogen (secondary N) is 2. The van der Waals surface area contributed by atoms with Crippen molar-refractivity contribution in [2.24, 2.45) is 0 Å². The minimum absolute atomic E-state index is 0.0372. The summed E-state index contributed by atoms with van der Waals surface area (Å²) >= 11 is 1.33. The van der Waals surface area contributed by atoms with Crippen molar-refractivity contribution in [1.82, 2.24) is 30.5 Å². The molecule has 0 aliphatic carbocycles. The zero-order chi connectivity index (χ0) is 20.2. The van der Waals surface area contributed by atoms with Crippen LogP contribution in [0.1, 0.15) is 16.7 Å². The van der Waals surface area contributed by atoms with E-state index >= 15 is 0 Å². The molecule has 0 bridgehead atoms. The van der Waals surface area contributed by atoms with Crippen molar-refractivity contribution < 1.29 is 4.79 Å². The Labute approximate surface area is 172 Å². The Kier molecular flexibility index (Phi) is 5.62. The second-order valence-electron chi connectivity index (χ2n) is 6.97. The van der Waals surface area contributed by atoms with Gasteiger partial charge in [-0.05, 0) is 65.6 Å². The fourth-order valence-corrected chi connectivity index (χ4v) is 4.08. The molecule has 0 spiro atoms. The number of rotatable bonds is 7. The molecule has 2 aromatic carbocycles. The Morgan fingerprint density at radius 2 is 1.97 bits per heavy atom. The molecule has 2 N–H and O–H groups in total. The lowest BCUT2D eigenvalue weighted by Gasteiger charge is -2.07. The smallest absolute Gasteiger partial charge is 0.230 e. The lowest BCUT2D eigenvalue weighted by Crippen LogP contribution is -2.27. The van der Waals surface area contributed by atoms with E-state index in [-0.39, 0.29) is 11.7 Å². The van der Waals surface area contributed by atoms with E-state index < -0.39 is 0 Å². The zero-order valence-electron chi connectivity index (χ0n) is 16.3. The Hall–Kier alpha value is -3.13. The molecule has 0 saturated heterocycles. The molecule has 29 heavy (non-hydrogen) atoms. The molecule has 7 nitrogen and oxygen atoms in total. The molecule has 0 aliphatic heterocycles. The molecule has 2 heterocycles. The lowest BCUT2D eigenvalue weighted by atomic mass is 10.1. The topological polar surface area (TPSA) is 88.5 Å². The summed E-state index contributed by atoms with van der Waals surface area (Å²) in [4.78, 5) is 15.5. The van der Waals surface area contributed by atoms with Crippen LogP contribution in [-0.2, 0) is 11.2 Å². The van der Waals surface area contributed by atoms with Gasteiger partial charge in [-0.15, -0.1) is 5.10 Å². The van der Waals surface area contributed by atoms with Gasteiger partial charge in [-0.1, -0.05) is 36.0 Å². The van der Waals surface area contributed by atoms with Gasteiger partial charge in [0.05, 0.1) is 11.4 Å². The van der Waals surface area contributed by atoms with Crippen LogP contribution in [0.15, 0.2) is 53.8 Å². The van der Waals surface area contributed by atoms with E-state index in [1.165, 1.54) is 22.7 Å². The maximum Gasteiger partial charge on any atom is 0.230 e. The van der Waals surface area contributed by atoms with E-state index in [0.717, 1.165) is 28.8 Å². The largest absolute Gasteiger partial charge is 0.361 e. The highest BCUT2D eigenvalue weighted by Crippen LogP contribution is 2.20. The second-order valence-corrected chi connectivity index (χ2v) is 7.91. The van der Waals surface area contributed by atoms with Crippen molar-refractivity contribution in [1.29, 1.82) is 0 Å². The third kappa shape index (κ3) is 4.48. The number of aromatic amines is 1. The molecule has 0 unspecified atom stereocenters. The molecule has 4 aromatic rings. The summed E-state index contributed by atoms with van der Waals surface area (Å²) in [5.41, 5.74) is 5.49.